The van der Waals surface area contributed by atoms with Gasteiger partial charge in [0.15, 0.2) is 0 Å². The van der Waals surface area contributed by atoms with Crippen LogP contribution in [0.1, 0.15) is 25.7 Å². The van der Waals surface area contributed by atoms with E-state index in [1.165, 1.54) is 12.8 Å². The Kier molecular flexibility index (Phi) is 2.45. The van der Waals surface area contributed by atoms with Crippen LogP contribution in [-0.2, 0) is 0 Å². The summed E-state index contributed by atoms with van der Waals surface area (Å²) in [6.45, 7) is 0. The molecular weight excluding hydrogens is 114 g/mol. The van der Waals surface area contributed by atoms with Gasteiger partial charge in [-0.2, -0.15) is 0 Å². The molecule has 2 atom stereocenters. The Morgan fingerprint density at radius 3 is 2.33 bits per heavy atom. The minimum atomic E-state index is 0.281. The molecule has 0 heterocycles. The van der Waals surface area contributed by atoms with Crippen LogP contribution < -0.4 is 17.0 Å². The SMILES string of the molecule is NNC1CCCCC1N. The van der Waals surface area contributed by atoms with E-state index in [4.69, 9.17) is 11.6 Å². The second kappa shape index (κ2) is 3.15. The van der Waals surface area contributed by atoms with Gasteiger partial charge in [0.2, 0.25) is 0 Å². The number of hydrogen-bond acceptors (Lipinski definition) is 3. The third-order valence-corrected chi connectivity index (χ3v) is 2.03. The molecule has 9 heavy (non-hydrogen) atoms. The lowest BCUT2D eigenvalue weighted by Gasteiger charge is -2.27. The van der Waals surface area contributed by atoms with Gasteiger partial charge in [-0.25, -0.2) is 0 Å². The summed E-state index contributed by atoms with van der Waals surface area (Å²) in [6.07, 6.45) is 4.79. The van der Waals surface area contributed by atoms with Gasteiger partial charge in [-0.1, -0.05) is 12.8 Å². The van der Waals surface area contributed by atoms with E-state index in [2.05, 4.69) is 5.43 Å². The lowest BCUT2D eigenvalue weighted by Crippen LogP contribution is -2.49. The molecule has 1 saturated carbocycles. The number of rotatable bonds is 1. The molecule has 3 nitrogen and oxygen atoms in total. The van der Waals surface area contributed by atoms with Gasteiger partial charge in [0.25, 0.3) is 0 Å². The first kappa shape index (κ1) is 6.99. The lowest BCUT2D eigenvalue weighted by atomic mass is 9.92. The number of nitrogens with two attached hydrogens (primary N) is 2. The van der Waals surface area contributed by atoms with Gasteiger partial charge in [0.1, 0.15) is 0 Å². The number of nitrogens with one attached hydrogen (secondary N) is 1. The van der Waals surface area contributed by atoms with Crippen molar-refractivity contribution in [1.82, 2.24) is 5.43 Å². The molecular formula is C6H15N3. The van der Waals surface area contributed by atoms with Crippen molar-refractivity contribution in [1.29, 1.82) is 0 Å². The molecule has 0 spiro atoms. The lowest BCUT2D eigenvalue weighted by molar-refractivity contribution is 0.332. The van der Waals surface area contributed by atoms with Crippen LogP contribution in [0.2, 0.25) is 0 Å². The number of hydrogen-bond donors (Lipinski definition) is 3. The highest BCUT2D eigenvalue weighted by Gasteiger charge is 2.19. The Bertz CT molecular complexity index is 84.4. The van der Waals surface area contributed by atoms with Crippen molar-refractivity contribution in [3.63, 3.8) is 0 Å². The third kappa shape index (κ3) is 1.64. The molecule has 1 rings (SSSR count). The smallest absolute Gasteiger partial charge is 0.0361 e. The zero-order chi connectivity index (χ0) is 6.69. The van der Waals surface area contributed by atoms with E-state index in [0.717, 1.165) is 12.8 Å². The van der Waals surface area contributed by atoms with Crippen molar-refractivity contribution in [2.24, 2.45) is 11.6 Å². The Morgan fingerprint density at radius 2 is 1.89 bits per heavy atom. The van der Waals surface area contributed by atoms with Crippen molar-refractivity contribution in [2.75, 3.05) is 0 Å². The summed E-state index contributed by atoms with van der Waals surface area (Å²) in [7, 11) is 0. The zero-order valence-corrected chi connectivity index (χ0v) is 5.64. The highest BCUT2D eigenvalue weighted by atomic mass is 15.2. The second-order valence-electron chi connectivity index (χ2n) is 2.72. The summed E-state index contributed by atoms with van der Waals surface area (Å²) < 4.78 is 0. The van der Waals surface area contributed by atoms with E-state index in [1.54, 1.807) is 0 Å². The Balaban J connectivity index is 2.30. The van der Waals surface area contributed by atoms with Crippen LogP contribution in [0.5, 0.6) is 0 Å². The van der Waals surface area contributed by atoms with Gasteiger partial charge in [0, 0.05) is 12.1 Å². The fourth-order valence-electron chi connectivity index (χ4n) is 1.37. The Morgan fingerprint density at radius 1 is 1.22 bits per heavy atom. The van der Waals surface area contributed by atoms with Crippen LogP contribution in [0.15, 0.2) is 0 Å². The van der Waals surface area contributed by atoms with Crippen molar-refractivity contribution in [2.45, 2.75) is 37.8 Å². The predicted molar refractivity (Wildman–Crippen MR) is 37.6 cm³/mol. The highest BCUT2D eigenvalue weighted by molar-refractivity contribution is 4.81. The largest absolute Gasteiger partial charge is 0.326 e. The van der Waals surface area contributed by atoms with Crippen LogP contribution >= 0.6 is 0 Å². The van der Waals surface area contributed by atoms with Crippen molar-refractivity contribution < 1.29 is 0 Å². The van der Waals surface area contributed by atoms with Crippen LogP contribution in [0, 0.1) is 0 Å². The maximum atomic E-state index is 5.75. The molecule has 54 valence electrons. The molecule has 3 heteroatoms. The average molecular weight is 129 g/mol. The summed E-state index contributed by atoms with van der Waals surface area (Å²) >= 11 is 0. The molecule has 1 fully saturated rings. The first-order chi connectivity index (χ1) is 4.34. The molecule has 0 saturated heterocycles. The fourth-order valence-corrected chi connectivity index (χ4v) is 1.37. The van der Waals surface area contributed by atoms with Crippen LogP contribution in [0.25, 0.3) is 0 Å². The standard InChI is InChI=1S/C6H15N3/c7-5-3-1-2-4-6(5)9-8/h5-6,9H,1-4,7-8H2. The van der Waals surface area contributed by atoms with Crippen LogP contribution in [0.4, 0.5) is 0 Å². The predicted octanol–water partition coefficient (Wildman–Crippen LogP) is -0.280. The fraction of sp³-hybridized carbons (Fsp3) is 1.00. The number of hydrazine groups is 1. The molecule has 0 aromatic carbocycles. The zero-order valence-electron chi connectivity index (χ0n) is 5.64. The van der Waals surface area contributed by atoms with Crippen molar-refractivity contribution >= 4 is 0 Å². The molecule has 0 aromatic heterocycles. The van der Waals surface area contributed by atoms with Gasteiger partial charge in [-0.05, 0) is 12.8 Å². The minimum Gasteiger partial charge on any atom is -0.326 e. The summed E-state index contributed by atoms with van der Waals surface area (Å²) in [5.74, 6) is 5.26. The van der Waals surface area contributed by atoms with E-state index in [0.29, 0.717) is 6.04 Å². The first-order valence-electron chi connectivity index (χ1n) is 3.56. The maximum Gasteiger partial charge on any atom is 0.0361 e. The molecule has 1 aliphatic carbocycles. The van der Waals surface area contributed by atoms with Crippen molar-refractivity contribution in [3.05, 3.63) is 0 Å². The van der Waals surface area contributed by atoms with Gasteiger partial charge >= 0.3 is 0 Å². The molecule has 0 bridgehead atoms. The van der Waals surface area contributed by atoms with Gasteiger partial charge < -0.3 is 5.73 Å². The molecule has 0 aromatic rings. The van der Waals surface area contributed by atoms with Crippen LogP contribution in [-0.4, -0.2) is 12.1 Å². The Labute approximate surface area is 55.8 Å². The molecule has 5 N–H and O–H groups in total. The minimum absolute atomic E-state index is 0.281. The summed E-state index contributed by atoms with van der Waals surface area (Å²) in [5, 5.41) is 0. The van der Waals surface area contributed by atoms with Gasteiger partial charge in [0.05, 0.1) is 0 Å². The van der Waals surface area contributed by atoms with E-state index in [9.17, 15) is 0 Å². The van der Waals surface area contributed by atoms with Gasteiger partial charge in [-0.3, -0.25) is 11.3 Å². The van der Waals surface area contributed by atoms with E-state index >= 15 is 0 Å². The molecule has 0 radical (unpaired) electrons. The second-order valence-corrected chi connectivity index (χ2v) is 2.72. The monoisotopic (exact) mass is 129 g/mol. The molecule has 0 aliphatic heterocycles. The summed E-state index contributed by atoms with van der Waals surface area (Å²) in [6, 6.07) is 0.641. The quantitative estimate of drug-likeness (QED) is 0.337. The topological polar surface area (TPSA) is 64.1 Å². The molecule has 2 unspecified atom stereocenters. The first-order valence-corrected chi connectivity index (χ1v) is 3.56. The van der Waals surface area contributed by atoms with E-state index in [-0.39, 0.29) is 6.04 Å². The Hall–Kier alpha value is -0.120. The van der Waals surface area contributed by atoms with Gasteiger partial charge in [-0.15, -0.1) is 0 Å². The molecule has 1 aliphatic rings. The van der Waals surface area contributed by atoms with Crippen LogP contribution in [0.3, 0.4) is 0 Å². The summed E-state index contributed by atoms with van der Waals surface area (Å²) in [4.78, 5) is 0. The molecule has 0 amide bonds. The van der Waals surface area contributed by atoms with E-state index < -0.39 is 0 Å². The average Bonchev–Trinajstić information content (AvgIpc) is 1.89. The maximum absolute atomic E-state index is 5.75. The van der Waals surface area contributed by atoms with Crippen molar-refractivity contribution in [3.8, 4) is 0 Å². The summed E-state index contributed by atoms with van der Waals surface area (Å²) in [5.41, 5.74) is 8.48. The third-order valence-electron chi connectivity index (χ3n) is 2.03. The highest BCUT2D eigenvalue weighted by Crippen LogP contribution is 2.15. The normalized spacial score (nSPS) is 36.7. The van der Waals surface area contributed by atoms with E-state index in [1.807, 2.05) is 0 Å².